The largest absolute Gasteiger partial charge is 0.506 e. The fourth-order valence-electron chi connectivity index (χ4n) is 1.36. The van der Waals surface area contributed by atoms with Gasteiger partial charge in [0.1, 0.15) is 5.75 Å². The van der Waals surface area contributed by atoms with Crippen LogP contribution in [0.25, 0.3) is 6.08 Å². The van der Waals surface area contributed by atoms with Crippen molar-refractivity contribution in [2.45, 2.75) is 6.92 Å². The van der Waals surface area contributed by atoms with Crippen molar-refractivity contribution >= 4 is 41.1 Å². The number of hydrogen-bond donors (Lipinski definition) is 1. The summed E-state index contributed by atoms with van der Waals surface area (Å²) in [6.45, 7) is 1.56. The van der Waals surface area contributed by atoms with Crippen LogP contribution in [0.4, 0.5) is 0 Å². The number of carbonyl (C=O) groups is 1. The van der Waals surface area contributed by atoms with Crippen molar-refractivity contribution in [3.63, 3.8) is 0 Å². The van der Waals surface area contributed by atoms with E-state index in [1.807, 2.05) is 0 Å². The SMILES string of the molecule is CC1=N/C(=C/c2cc(Cl)cc(Cl)c2O)C(=O)O1. The molecule has 2 rings (SSSR count). The van der Waals surface area contributed by atoms with E-state index in [9.17, 15) is 9.90 Å². The van der Waals surface area contributed by atoms with Crippen molar-refractivity contribution in [3.05, 3.63) is 33.4 Å². The molecule has 6 heteroatoms. The molecular formula is C11H7Cl2NO3. The Hall–Kier alpha value is -1.52. The second-order valence-corrected chi connectivity index (χ2v) is 4.22. The molecule has 0 unspecified atom stereocenters. The van der Waals surface area contributed by atoms with Crippen LogP contribution in [0.3, 0.4) is 0 Å². The summed E-state index contributed by atoms with van der Waals surface area (Å²) in [6.07, 6.45) is 1.37. The Morgan fingerprint density at radius 1 is 1.41 bits per heavy atom. The molecule has 1 N–H and O–H groups in total. The predicted octanol–water partition coefficient (Wildman–Crippen LogP) is 3.02. The zero-order chi connectivity index (χ0) is 12.6. The maximum absolute atomic E-state index is 11.3. The van der Waals surface area contributed by atoms with Crippen LogP contribution in [-0.4, -0.2) is 17.0 Å². The summed E-state index contributed by atoms with van der Waals surface area (Å²) < 4.78 is 4.74. The molecule has 4 nitrogen and oxygen atoms in total. The van der Waals surface area contributed by atoms with Gasteiger partial charge in [-0.3, -0.25) is 0 Å². The highest BCUT2D eigenvalue weighted by molar-refractivity contribution is 6.35. The maximum Gasteiger partial charge on any atom is 0.363 e. The molecule has 0 fully saturated rings. The van der Waals surface area contributed by atoms with Gasteiger partial charge >= 0.3 is 5.97 Å². The lowest BCUT2D eigenvalue weighted by molar-refractivity contribution is -0.130. The Bertz CT molecular complexity index is 564. The van der Waals surface area contributed by atoms with Gasteiger partial charge in [-0.25, -0.2) is 9.79 Å². The zero-order valence-electron chi connectivity index (χ0n) is 8.70. The highest BCUT2D eigenvalue weighted by Crippen LogP contribution is 2.33. The van der Waals surface area contributed by atoms with Crippen molar-refractivity contribution in [2.75, 3.05) is 0 Å². The number of halogens is 2. The molecule has 1 aliphatic rings. The number of phenols is 1. The number of aromatic hydroxyl groups is 1. The lowest BCUT2D eigenvalue weighted by atomic mass is 10.1. The lowest BCUT2D eigenvalue weighted by Crippen LogP contribution is -1.99. The number of phenolic OH excluding ortho intramolecular Hbond substituents is 1. The third-order valence-corrected chi connectivity index (χ3v) is 2.58. The van der Waals surface area contributed by atoms with Crippen LogP contribution in [0.1, 0.15) is 12.5 Å². The van der Waals surface area contributed by atoms with Gasteiger partial charge in [-0.2, -0.15) is 0 Å². The number of carbonyl (C=O) groups excluding carboxylic acids is 1. The molecule has 0 amide bonds. The molecule has 0 bridgehead atoms. The van der Waals surface area contributed by atoms with Gasteiger partial charge in [0.2, 0.25) is 0 Å². The summed E-state index contributed by atoms with van der Waals surface area (Å²) in [5.74, 6) is -0.469. The fraction of sp³-hybridized carbons (Fsp3) is 0.0909. The summed E-state index contributed by atoms with van der Waals surface area (Å²) in [5, 5.41) is 10.2. The number of ether oxygens (including phenoxy) is 1. The minimum absolute atomic E-state index is 0.0936. The molecule has 88 valence electrons. The topological polar surface area (TPSA) is 58.9 Å². The fourth-order valence-corrected chi connectivity index (χ4v) is 1.87. The second kappa shape index (κ2) is 4.39. The third-order valence-electron chi connectivity index (χ3n) is 2.08. The first kappa shape index (κ1) is 12.0. The molecule has 1 aromatic rings. The van der Waals surface area contributed by atoms with Crippen molar-refractivity contribution in [2.24, 2.45) is 4.99 Å². The number of cyclic esters (lactones) is 1. The van der Waals surface area contributed by atoms with Crippen LogP contribution in [-0.2, 0) is 9.53 Å². The van der Waals surface area contributed by atoms with Crippen LogP contribution in [0.15, 0.2) is 22.8 Å². The Labute approximate surface area is 107 Å². The van der Waals surface area contributed by atoms with Gasteiger partial charge in [0.15, 0.2) is 11.6 Å². The molecule has 0 aliphatic carbocycles. The Balaban J connectivity index is 2.49. The van der Waals surface area contributed by atoms with Crippen molar-refractivity contribution < 1.29 is 14.6 Å². The molecular weight excluding hydrogens is 265 g/mol. The zero-order valence-corrected chi connectivity index (χ0v) is 10.2. The Morgan fingerprint density at radius 3 is 2.71 bits per heavy atom. The van der Waals surface area contributed by atoms with Gasteiger partial charge in [-0.1, -0.05) is 23.2 Å². The molecule has 0 radical (unpaired) electrons. The number of aliphatic imine (C=N–C) groups is 1. The van der Waals surface area contributed by atoms with Gasteiger partial charge < -0.3 is 9.84 Å². The smallest absolute Gasteiger partial charge is 0.363 e. The van der Waals surface area contributed by atoms with E-state index in [2.05, 4.69) is 4.99 Å². The average Bonchev–Trinajstić information content (AvgIpc) is 2.53. The molecule has 0 saturated heterocycles. The molecule has 0 aromatic heterocycles. The number of hydrogen-bond acceptors (Lipinski definition) is 4. The number of rotatable bonds is 1. The monoisotopic (exact) mass is 271 g/mol. The Kier molecular flexibility index (Phi) is 3.09. The first-order valence-electron chi connectivity index (χ1n) is 4.64. The van der Waals surface area contributed by atoms with E-state index in [1.54, 1.807) is 6.92 Å². The van der Waals surface area contributed by atoms with Crippen LogP contribution in [0, 0.1) is 0 Å². The molecule has 1 heterocycles. The first-order chi connectivity index (χ1) is 7.97. The summed E-state index contributed by atoms with van der Waals surface area (Å²) in [7, 11) is 0. The minimum atomic E-state index is -0.571. The molecule has 17 heavy (non-hydrogen) atoms. The van der Waals surface area contributed by atoms with E-state index in [1.165, 1.54) is 18.2 Å². The van der Waals surface area contributed by atoms with Gasteiger partial charge in [-0.15, -0.1) is 0 Å². The van der Waals surface area contributed by atoms with Gasteiger partial charge in [0.25, 0.3) is 0 Å². The number of benzene rings is 1. The number of esters is 1. The van der Waals surface area contributed by atoms with Crippen molar-refractivity contribution in [1.82, 2.24) is 0 Å². The van der Waals surface area contributed by atoms with E-state index >= 15 is 0 Å². The maximum atomic E-state index is 11.3. The lowest BCUT2D eigenvalue weighted by Gasteiger charge is -2.02. The van der Waals surface area contributed by atoms with E-state index in [0.717, 1.165) is 0 Å². The standard InChI is InChI=1S/C11H7Cl2NO3/c1-5-14-9(11(16)17-5)3-6-2-7(12)4-8(13)10(6)15/h2-4,15H,1H3/b9-3+. The molecule has 1 aromatic carbocycles. The normalized spacial score (nSPS) is 17.2. The van der Waals surface area contributed by atoms with Gasteiger partial charge in [0, 0.05) is 17.5 Å². The van der Waals surface area contributed by atoms with Crippen LogP contribution >= 0.6 is 23.2 Å². The summed E-state index contributed by atoms with van der Waals surface area (Å²) in [4.78, 5) is 15.2. The summed E-state index contributed by atoms with van der Waals surface area (Å²) in [6, 6.07) is 2.88. The quantitative estimate of drug-likeness (QED) is 0.631. The highest BCUT2D eigenvalue weighted by Gasteiger charge is 2.20. The van der Waals surface area contributed by atoms with E-state index in [0.29, 0.717) is 10.6 Å². The predicted molar refractivity (Wildman–Crippen MR) is 65.3 cm³/mol. The van der Waals surface area contributed by atoms with Crippen LogP contribution in [0.2, 0.25) is 10.0 Å². The number of nitrogens with zero attached hydrogens (tertiary/aromatic N) is 1. The summed E-state index contributed by atoms with van der Waals surface area (Å²) in [5.41, 5.74) is 0.407. The third kappa shape index (κ3) is 2.43. The second-order valence-electron chi connectivity index (χ2n) is 3.38. The van der Waals surface area contributed by atoms with E-state index in [4.69, 9.17) is 27.9 Å². The van der Waals surface area contributed by atoms with Gasteiger partial charge in [0.05, 0.1) is 5.02 Å². The Morgan fingerprint density at radius 2 is 2.12 bits per heavy atom. The van der Waals surface area contributed by atoms with Crippen LogP contribution in [0.5, 0.6) is 5.75 Å². The van der Waals surface area contributed by atoms with Gasteiger partial charge in [-0.05, 0) is 18.2 Å². The average molecular weight is 272 g/mol. The van der Waals surface area contributed by atoms with E-state index in [-0.39, 0.29) is 22.4 Å². The first-order valence-corrected chi connectivity index (χ1v) is 5.40. The molecule has 0 atom stereocenters. The molecule has 0 spiro atoms. The highest BCUT2D eigenvalue weighted by atomic mass is 35.5. The van der Waals surface area contributed by atoms with Crippen LogP contribution < -0.4 is 0 Å². The van der Waals surface area contributed by atoms with E-state index < -0.39 is 5.97 Å². The molecule has 1 aliphatic heterocycles. The molecule has 0 saturated carbocycles. The van der Waals surface area contributed by atoms with Crippen molar-refractivity contribution in [3.8, 4) is 5.75 Å². The summed E-state index contributed by atoms with van der Waals surface area (Å²) >= 11 is 11.5. The minimum Gasteiger partial charge on any atom is -0.506 e. The van der Waals surface area contributed by atoms with Crippen molar-refractivity contribution in [1.29, 1.82) is 0 Å².